The van der Waals surface area contributed by atoms with Crippen molar-refractivity contribution in [1.82, 2.24) is 4.31 Å². The van der Waals surface area contributed by atoms with Crippen LogP contribution < -0.4 is 0 Å². The molecule has 4 nitrogen and oxygen atoms in total. The number of hydrogen-bond acceptors (Lipinski definition) is 3. The van der Waals surface area contributed by atoms with Gasteiger partial charge in [-0.3, -0.25) is 0 Å². The van der Waals surface area contributed by atoms with Crippen LogP contribution >= 0.6 is 11.6 Å². The first kappa shape index (κ1) is 14.3. The third-order valence-electron chi connectivity index (χ3n) is 3.81. The molecule has 6 heteroatoms. The third kappa shape index (κ3) is 3.17. The second kappa shape index (κ2) is 5.64. The van der Waals surface area contributed by atoms with Gasteiger partial charge in [-0.2, -0.15) is 4.31 Å². The number of rotatable bonds is 5. The van der Waals surface area contributed by atoms with Gasteiger partial charge in [0.05, 0.1) is 11.0 Å². The number of sulfonamides is 1. The van der Waals surface area contributed by atoms with Gasteiger partial charge in [0.2, 0.25) is 10.0 Å². The van der Waals surface area contributed by atoms with E-state index in [1.54, 1.807) is 18.2 Å². The summed E-state index contributed by atoms with van der Waals surface area (Å²) in [5, 5.41) is 0.437. The summed E-state index contributed by atoms with van der Waals surface area (Å²) in [4.78, 5) is 0.257. The van der Waals surface area contributed by atoms with Crippen LogP contribution in [0.4, 0.5) is 0 Å². The Balaban J connectivity index is 1.66. The minimum Gasteiger partial charge on any atom is -0.377 e. The van der Waals surface area contributed by atoms with Crippen molar-refractivity contribution >= 4 is 21.6 Å². The van der Waals surface area contributed by atoms with Crippen LogP contribution in [-0.4, -0.2) is 38.5 Å². The molecule has 0 N–H and O–H groups in total. The molecule has 1 aromatic carbocycles. The average Bonchev–Trinajstić information content (AvgIpc) is 3.12. The van der Waals surface area contributed by atoms with E-state index in [1.165, 1.54) is 23.2 Å². The summed E-state index contributed by atoms with van der Waals surface area (Å²) >= 11 is 5.87. The first-order chi connectivity index (χ1) is 9.55. The summed E-state index contributed by atoms with van der Waals surface area (Å²) in [6.45, 7) is 1.74. The van der Waals surface area contributed by atoms with Crippen LogP contribution in [0.15, 0.2) is 29.2 Å². The Morgan fingerprint density at radius 3 is 2.80 bits per heavy atom. The Kier molecular flexibility index (Phi) is 4.04. The van der Waals surface area contributed by atoms with Crippen molar-refractivity contribution in [3.63, 3.8) is 0 Å². The van der Waals surface area contributed by atoms with Gasteiger partial charge in [0.25, 0.3) is 0 Å². The zero-order valence-electron chi connectivity index (χ0n) is 11.2. The summed E-state index contributed by atoms with van der Waals surface area (Å²) in [5.41, 5.74) is 0. The van der Waals surface area contributed by atoms with Crippen molar-refractivity contribution in [2.45, 2.75) is 30.3 Å². The zero-order chi connectivity index (χ0) is 14.2. The molecule has 0 bridgehead atoms. The molecular weight excluding hydrogens is 298 g/mol. The standard InChI is InChI=1S/C14H18ClNO3S/c15-12-2-1-3-14(8-12)20(17,18)16-7-6-13(9-16)19-10-11-4-5-11/h1-3,8,11,13H,4-7,9-10H2. The molecule has 0 spiro atoms. The van der Waals surface area contributed by atoms with Crippen molar-refractivity contribution in [3.05, 3.63) is 29.3 Å². The van der Waals surface area contributed by atoms with Gasteiger partial charge in [-0.15, -0.1) is 0 Å². The van der Waals surface area contributed by atoms with Crippen molar-refractivity contribution < 1.29 is 13.2 Å². The fourth-order valence-electron chi connectivity index (χ4n) is 2.39. The van der Waals surface area contributed by atoms with Crippen LogP contribution in [0.1, 0.15) is 19.3 Å². The van der Waals surface area contributed by atoms with Crippen LogP contribution in [0.2, 0.25) is 5.02 Å². The average molecular weight is 316 g/mol. The maximum absolute atomic E-state index is 12.5. The lowest BCUT2D eigenvalue weighted by Crippen LogP contribution is -2.30. The normalized spacial score (nSPS) is 24.1. The van der Waals surface area contributed by atoms with E-state index in [2.05, 4.69) is 0 Å². The van der Waals surface area contributed by atoms with Gasteiger partial charge in [0, 0.05) is 24.7 Å². The van der Waals surface area contributed by atoms with E-state index in [9.17, 15) is 8.42 Å². The molecule has 1 aromatic rings. The van der Waals surface area contributed by atoms with E-state index in [4.69, 9.17) is 16.3 Å². The number of nitrogens with zero attached hydrogens (tertiary/aromatic N) is 1. The molecule has 1 heterocycles. The number of benzene rings is 1. The highest BCUT2D eigenvalue weighted by atomic mass is 35.5. The Morgan fingerprint density at radius 2 is 2.10 bits per heavy atom. The van der Waals surface area contributed by atoms with Gasteiger partial charge in [0.15, 0.2) is 0 Å². The summed E-state index contributed by atoms with van der Waals surface area (Å²) in [7, 11) is -3.45. The van der Waals surface area contributed by atoms with Gasteiger partial charge in [-0.1, -0.05) is 17.7 Å². The van der Waals surface area contributed by atoms with Gasteiger partial charge < -0.3 is 4.74 Å². The molecule has 1 saturated carbocycles. The van der Waals surface area contributed by atoms with Crippen molar-refractivity contribution in [1.29, 1.82) is 0 Å². The van der Waals surface area contributed by atoms with Gasteiger partial charge in [0.1, 0.15) is 0 Å². The maximum Gasteiger partial charge on any atom is 0.243 e. The highest BCUT2D eigenvalue weighted by Crippen LogP contribution is 2.30. The quantitative estimate of drug-likeness (QED) is 0.839. The molecule has 1 unspecified atom stereocenters. The summed E-state index contributed by atoms with van der Waals surface area (Å²) < 4.78 is 32.3. The largest absolute Gasteiger partial charge is 0.377 e. The van der Waals surface area contributed by atoms with E-state index >= 15 is 0 Å². The molecule has 2 fully saturated rings. The van der Waals surface area contributed by atoms with E-state index in [0.29, 0.717) is 24.0 Å². The van der Waals surface area contributed by atoms with E-state index < -0.39 is 10.0 Å². The minimum absolute atomic E-state index is 0.0320. The monoisotopic (exact) mass is 315 g/mol. The summed E-state index contributed by atoms with van der Waals surface area (Å²) in [6, 6.07) is 6.41. The van der Waals surface area contributed by atoms with E-state index in [0.717, 1.165) is 13.0 Å². The fourth-order valence-corrected chi connectivity index (χ4v) is 4.17. The number of hydrogen-bond donors (Lipinski definition) is 0. The molecule has 0 amide bonds. The van der Waals surface area contributed by atoms with Crippen molar-refractivity contribution in [2.75, 3.05) is 19.7 Å². The van der Waals surface area contributed by atoms with Crippen LogP contribution in [-0.2, 0) is 14.8 Å². The minimum atomic E-state index is -3.45. The SMILES string of the molecule is O=S(=O)(c1cccc(Cl)c1)N1CCC(OCC2CC2)C1. The van der Waals surface area contributed by atoms with Crippen LogP contribution in [0, 0.1) is 5.92 Å². The molecule has 0 aromatic heterocycles. The first-order valence-corrected chi connectivity index (χ1v) is 8.75. The molecule has 1 atom stereocenters. The van der Waals surface area contributed by atoms with Crippen LogP contribution in [0.25, 0.3) is 0 Å². The lowest BCUT2D eigenvalue weighted by molar-refractivity contribution is 0.0561. The molecule has 1 aliphatic carbocycles. The zero-order valence-corrected chi connectivity index (χ0v) is 12.7. The molecule has 20 heavy (non-hydrogen) atoms. The lowest BCUT2D eigenvalue weighted by Gasteiger charge is -2.17. The molecule has 2 aliphatic rings. The maximum atomic E-state index is 12.5. The lowest BCUT2D eigenvalue weighted by atomic mass is 10.3. The molecule has 110 valence electrons. The first-order valence-electron chi connectivity index (χ1n) is 6.93. The predicted molar refractivity (Wildman–Crippen MR) is 77.3 cm³/mol. The molecule has 3 rings (SSSR count). The predicted octanol–water partition coefficient (Wildman–Crippen LogP) is 2.53. The van der Waals surface area contributed by atoms with E-state index in [1.807, 2.05) is 0 Å². The molecule has 0 radical (unpaired) electrons. The number of halogens is 1. The van der Waals surface area contributed by atoms with E-state index in [-0.39, 0.29) is 11.0 Å². The highest BCUT2D eigenvalue weighted by molar-refractivity contribution is 7.89. The van der Waals surface area contributed by atoms with Gasteiger partial charge >= 0.3 is 0 Å². The Labute approximate surface area is 124 Å². The van der Waals surface area contributed by atoms with Gasteiger partial charge in [-0.25, -0.2) is 8.42 Å². The molecule has 1 saturated heterocycles. The fraction of sp³-hybridized carbons (Fsp3) is 0.571. The molecular formula is C14H18ClNO3S. The Morgan fingerprint density at radius 1 is 1.30 bits per heavy atom. The summed E-state index contributed by atoms with van der Waals surface area (Å²) in [6.07, 6.45) is 3.30. The summed E-state index contributed by atoms with van der Waals surface area (Å²) in [5.74, 6) is 0.702. The Hall–Kier alpha value is -0.620. The topological polar surface area (TPSA) is 46.6 Å². The van der Waals surface area contributed by atoms with Gasteiger partial charge in [-0.05, 0) is 43.4 Å². The second-order valence-corrected chi connectivity index (χ2v) is 7.88. The third-order valence-corrected chi connectivity index (χ3v) is 5.90. The van der Waals surface area contributed by atoms with Crippen molar-refractivity contribution in [3.8, 4) is 0 Å². The Bertz CT molecular complexity index is 586. The van der Waals surface area contributed by atoms with Crippen molar-refractivity contribution in [2.24, 2.45) is 5.92 Å². The highest BCUT2D eigenvalue weighted by Gasteiger charge is 2.34. The smallest absolute Gasteiger partial charge is 0.243 e. The second-order valence-electron chi connectivity index (χ2n) is 5.51. The van der Waals surface area contributed by atoms with Crippen LogP contribution in [0.3, 0.4) is 0 Å². The molecule has 1 aliphatic heterocycles. The van der Waals surface area contributed by atoms with Crippen LogP contribution in [0.5, 0.6) is 0 Å². The number of ether oxygens (including phenoxy) is 1.